The summed E-state index contributed by atoms with van der Waals surface area (Å²) in [4.78, 5) is 15.0. The molecule has 1 aromatic heterocycles. The number of rotatable bonds is 3. The molecule has 0 aliphatic heterocycles. The summed E-state index contributed by atoms with van der Waals surface area (Å²) in [5, 5.41) is 5.06. The second kappa shape index (κ2) is 4.96. The first kappa shape index (κ1) is 12.2. The molecule has 0 atom stereocenters. The molecule has 0 amide bonds. The van der Waals surface area contributed by atoms with Crippen molar-refractivity contribution in [3.8, 4) is 0 Å². The Kier molecular flexibility index (Phi) is 3.37. The third kappa shape index (κ3) is 2.37. The zero-order chi connectivity index (χ0) is 13.1. The molecule has 0 spiro atoms. The van der Waals surface area contributed by atoms with Crippen LogP contribution in [0, 0.1) is 13.8 Å². The second-order valence-corrected chi connectivity index (χ2v) is 4.28. The number of aromatic nitrogens is 1. The highest BCUT2D eigenvalue weighted by Gasteiger charge is 2.04. The fraction of sp³-hybridized carbons (Fsp3) is 0.214. The van der Waals surface area contributed by atoms with Gasteiger partial charge in [0.25, 0.3) is 0 Å². The average molecular weight is 241 g/mol. The normalized spacial score (nSPS) is 11.6. The van der Waals surface area contributed by atoms with E-state index in [2.05, 4.69) is 15.5 Å². The Balaban J connectivity index is 2.48. The quantitative estimate of drug-likeness (QED) is 0.510. The predicted molar refractivity (Wildman–Crippen MR) is 74.0 cm³/mol. The molecule has 18 heavy (non-hydrogen) atoms. The van der Waals surface area contributed by atoms with Crippen LogP contribution in [0.4, 0.5) is 5.82 Å². The van der Waals surface area contributed by atoms with E-state index < -0.39 is 0 Å². The van der Waals surface area contributed by atoms with Gasteiger partial charge in [-0.25, -0.2) is 4.98 Å². The van der Waals surface area contributed by atoms with Crippen LogP contribution < -0.4 is 5.43 Å². The Labute approximate surface area is 106 Å². The molecular weight excluding hydrogens is 226 g/mol. The van der Waals surface area contributed by atoms with E-state index in [9.17, 15) is 4.79 Å². The molecule has 92 valence electrons. The molecule has 0 bridgehead atoms. The zero-order valence-corrected chi connectivity index (χ0v) is 10.7. The summed E-state index contributed by atoms with van der Waals surface area (Å²) in [5.41, 5.74) is 6.40. The topological polar surface area (TPSA) is 54.4 Å². The molecule has 0 aliphatic rings. The Bertz CT molecular complexity index is 632. The Morgan fingerprint density at radius 2 is 2.11 bits per heavy atom. The molecule has 2 aromatic rings. The number of nitrogens with zero attached hydrogens (tertiary/aromatic N) is 2. The van der Waals surface area contributed by atoms with E-state index in [1.165, 1.54) is 0 Å². The minimum absolute atomic E-state index is 0.388. The van der Waals surface area contributed by atoms with Gasteiger partial charge in [0, 0.05) is 5.39 Å². The molecule has 0 saturated carbocycles. The van der Waals surface area contributed by atoms with Crippen molar-refractivity contribution in [3.05, 3.63) is 35.4 Å². The largest absolute Gasteiger partial charge is 0.296 e. The minimum Gasteiger partial charge on any atom is -0.296 e. The van der Waals surface area contributed by atoms with E-state index in [1.807, 2.05) is 38.1 Å². The van der Waals surface area contributed by atoms with Crippen molar-refractivity contribution in [1.82, 2.24) is 4.98 Å². The lowest BCUT2D eigenvalue weighted by Crippen LogP contribution is -2.00. The fourth-order valence-corrected chi connectivity index (χ4v) is 1.79. The monoisotopic (exact) mass is 241 g/mol. The molecule has 0 fully saturated rings. The maximum atomic E-state index is 10.5. The van der Waals surface area contributed by atoms with Gasteiger partial charge in [-0.2, -0.15) is 5.10 Å². The van der Waals surface area contributed by atoms with Crippen molar-refractivity contribution in [3.63, 3.8) is 0 Å². The van der Waals surface area contributed by atoms with Crippen molar-refractivity contribution in [2.75, 3.05) is 5.43 Å². The molecule has 2 rings (SSSR count). The van der Waals surface area contributed by atoms with E-state index in [-0.39, 0.29) is 0 Å². The number of carbonyl (C=O) groups is 1. The number of nitrogens with one attached hydrogen (secondary N) is 1. The van der Waals surface area contributed by atoms with Crippen LogP contribution in [0.25, 0.3) is 10.9 Å². The number of fused-ring (bicyclic) bond motifs is 1. The number of pyridine rings is 1. The standard InChI is InChI=1S/C14H15N3O/c1-9-5-4-6-12-10(2)7-13(15-14(9)12)17-16-11(3)8-18/h4-8H,1-3H3,(H,15,17)/b16-11+. The Morgan fingerprint density at radius 1 is 1.33 bits per heavy atom. The van der Waals surface area contributed by atoms with Gasteiger partial charge in [0.15, 0.2) is 6.29 Å². The summed E-state index contributed by atoms with van der Waals surface area (Å²) in [6, 6.07) is 8.02. The lowest BCUT2D eigenvalue weighted by atomic mass is 10.1. The Morgan fingerprint density at radius 3 is 2.83 bits per heavy atom. The molecule has 4 nitrogen and oxygen atoms in total. The SMILES string of the molecule is C/C(C=O)=N\Nc1cc(C)c2cccc(C)c2n1. The molecule has 0 radical (unpaired) electrons. The molecule has 1 aromatic carbocycles. The first-order chi connectivity index (χ1) is 8.61. The van der Waals surface area contributed by atoms with Crippen LogP contribution in [-0.4, -0.2) is 17.0 Å². The van der Waals surface area contributed by atoms with E-state index in [0.717, 1.165) is 22.0 Å². The highest BCUT2D eigenvalue weighted by molar-refractivity contribution is 6.27. The third-order valence-corrected chi connectivity index (χ3v) is 2.77. The minimum atomic E-state index is 0.388. The van der Waals surface area contributed by atoms with Crippen molar-refractivity contribution < 1.29 is 4.79 Å². The maximum Gasteiger partial charge on any atom is 0.165 e. The van der Waals surface area contributed by atoms with Crippen molar-refractivity contribution in [1.29, 1.82) is 0 Å². The van der Waals surface area contributed by atoms with Crippen molar-refractivity contribution >= 4 is 28.7 Å². The van der Waals surface area contributed by atoms with Crippen LogP contribution in [0.5, 0.6) is 0 Å². The molecule has 1 N–H and O–H groups in total. The van der Waals surface area contributed by atoms with Gasteiger partial charge in [0.05, 0.1) is 11.2 Å². The van der Waals surface area contributed by atoms with Crippen LogP contribution in [-0.2, 0) is 4.79 Å². The molecule has 4 heteroatoms. The first-order valence-corrected chi connectivity index (χ1v) is 5.74. The number of hydrogen-bond acceptors (Lipinski definition) is 4. The van der Waals surface area contributed by atoms with Gasteiger partial charge in [-0.3, -0.25) is 10.2 Å². The number of para-hydroxylation sites is 1. The second-order valence-electron chi connectivity index (χ2n) is 4.28. The highest BCUT2D eigenvalue weighted by atomic mass is 16.1. The maximum absolute atomic E-state index is 10.5. The van der Waals surface area contributed by atoms with Gasteiger partial charge in [0.1, 0.15) is 5.82 Å². The summed E-state index contributed by atoms with van der Waals surface area (Å²) in [6.45, 7) is 5.70. The lowest BCUT2D eigenvalue weighted by molar-refractivity contribution is -0.102. The summed E-state index contributed by atoms with van der Waals surface area (Å²) in [5.74, 6) is 0.649. The highest BCUT2D eigenvalue weighted by Crippen LogP contribution is 2.22. The smallest absolute Gasteiger partial charge is 0.165 e. The fourth-order valence-electron chi connectivity index (χ4n) is 1.79. The summed E-state index contributed by atoms with van der Waals surface area (Å²) in [7, 11) is 0. The lowest BCUT2D eigenvalue weighted by Gasteiger charge is -2.07. The number of hydrogen-bond donors (Lipinski definition) is 1. The predicted octanol–water partition coefficient (Wildman–Crippen LogP) is 2.84. The van der Waals surface area contributed by atoms with E-state index >= 15 is 0 Å². The molecule has 1 heterocycles. The number of carbonyl (C=O) groups excluding carboxylic acids is 1. The average Bonchev–Trinajstić information content (AvgIpc) is 2.37. The zero-order valence-electron chi connectivity index (χ0n) is 10.7. The Hall–Kier alpha value is -2.23. The van der Waals surface area contributed by atoms with Crippen LogP contribution in [0.15, 0.2) is 29.4 Å². The molecule has 0 aliphatic carbocycles. The van der Waals surface area contributed by atoms with Crippen molar-refractivity contribution in [2.24, 2.45) is 5.10 Å². The molecule has 0 unspecified atom stereocenters. The molecule has 0 saturated heterocycles. The van der Waals surface area contributed by atoms with Gasteiger partial charge in [-0.15, -0.1) is 0 Å². The van der Waals surface area contributed by atoms with Gasteiger partial charge >= 0.3 is 0 Å². The number of anilines is 1. The van der Waals surface area contributed by atoms with Gasteiger partial charge in [-0.05, 0) is 38.0 Å². The van der Waals surface area contributed by atoms with Gasteiger partial charge in [0.2, 0.25) is 0 Å². The number of hydrazone groups is 1. The third-order valence-electron chi connectivity index (χ3n) is 2.77. The first-order valence-electron chi connectivity index (χ1n) is 5.74. The van der Waals surface area contributed by atoms with E-state index in [4.69, 9.17) is 0 Å². The van der Waals surface area contributed by atoms with Crippen molar-refractivity contribution in [2.45, 2.75) is 20.8 Å². The number of benzene rings is 1. The summed E-state index contributed by atoms with van der Waals surface area (Å²) < 4.78 is 0. The van der Waals surface area contributed by atoms with E-state index in [1.54, 1.807) is 6.92 Å². The number of aryl methyl sites for hydroxylation is 2. The summed E-state index contributed by atoms with van der Waals surface area (Å²) in [6.07, 6.45) is 0.701. The number of aldehydes is 1. The van der Waals surface area contributed by atoms with Crippen LogP contribution >= 0.6 is 0 Å². The summed E-state index contributed by atoms with van der Waals surface area (Å²) >= 11 is 0. The van der Waals surface area contributed by atoms with Crippen LogP contribution in [0.1, 0.15) is 18.1 Å². The van der Waals surface area contributed by atoms with Crippen LogP contribution in [0.3, 0.4) is 0 Å². The molecular formula is C14H15N3O. The van der Waals surface area contributed by atoms with Gasteiger partial charge < -0.3 is 0 Å². The van der Waals surface area contributed by atoms with Crippen LogP contribution in [0.2, 0.25) is 0 Å². The van der Waals surface area contributed by atoms with E-state index in [0.29, 0.717) is 17.8 Å². The van der Waals surface area contributed by atoms with Gasteiger partial charge in [-0.1, -0.05) is 18.2 Å².